The second-order valence-corrected chi connectivity index (χ2v) is 3.49. The molecular weight excluding hydrogens is 194 g/mol. The summed E-state index contributed by atoms with van der Waals surface area (Å²) in [6.45, 7) is 3.08. The molecule has 15 heavy (non-hydrogen) atoms. The van der Waals surface area contributed by atoms with E-state index in [-0.39, 0.29) is 0 Å². The molecule has 0 spiro atoms. The lowest BCUT2D eigenvalue weighted by Gasteiger charge is -2.11. The van der Waals surface area contributed by atoms with Crippen molar-refractivity contribution in [2.24, 2.45) is 0 Å². The number of carbonyl (C=O) groups is 1. The molecule has 0 radical (unpaired) electrons. The van der Waals surface area contributed by atoms with E-state index in [2.05, 4.69) is 4.98 Å². The molecule has 0 bridgehead atoms. The smallest absolute Gasteiger partial charge is 0.339 e. The third-order valence-electron chi connectivity index (χ3n) is 2.05. The van der Waals surface area contributed by atoms with Gasteiger partial charge in [-0.3, -0.25) is 4.98 Å². The van der Waals surface area contributed by atoms with E-state index in [1.165, 1.54) is 19.1 Å². The molecule has 0 fully saturated rings. The van der Waals surface area contributed by atoms with Crippen molar-refractivity contribution >= 4 is 12.0 Å². The van der Waals surface area contributed by atoms with Gasteiger partial charge in [0.2, 0.25) is 0 Å². The summed E-state index contributed by atoms with van der Waals surface area (Å²) in [4.78, 5) is 14.7. The highest BCUT2D eigenvalue weighted by Crippen LogP contribution is 2.11. The van der Waals surface area contributed by atoms with Gasteiger partial charge in [0, 0.05) is 6.20 Å². The van der Waals surface area contributed by atoms with Crippen LogP contribution >= 0.6 is 0 Å². The van der Waals surface area contributed by atoms with E-state index in [0.29, 0.717) is 5.69 Å². The lowest BCUT2D eigenvalue weighted by atomic mass is 10.1. The summed E-state index contributed by atoms with van der Waals surface area (Å²) >= 11 is 0. The number of carboxylic acid groups (broad SMARTS) is 1. The molecule has 80 valence electrons. The number of carboxylic acids is 1. The number of pyridine rings is 1. The van der Waals surface area contributed by atoms with E-state index in [0.717, 1.165) is 5.56 Å². The van der Waals surface area contributed by atoms with Crippen LogP contribution in [0.4, 0.5) is 0 Å². The summed E-state index contributed by atoms with van der Waals surface area (Å²) in [5, 5.41) is 18.1. The zero-order valence-corrected chi connectivity index (χ0v) is 8.64. The third kappa shape index (κ3) is 2.89. The van der Waals surface area contributed by atoms with Crippen LogP contribution < -0.4 is 0 Å². The Balaban J connectivity index is 2.92. The molecular formula is C11H13NO3. The lowest BCUT2D eigenvalue weighted by Crippen LogP contribution is -2.32. The Labute approximate surface area is 87.9 Å². The average molecular weight is 207 g/mol. The van der Waals surface area contributed by atoms with Crippen molar-refractivity contribution in [2.45, 2.75) is 19.4 Å². The lowest BCUT2D eigenvalue weighted by molar-refractivity contribution is -0.151. The van der Waals surface area contributed by atoms with Gasteiger partial charge in [0.05, 0.1) is 5.69 Å². The Morgan fingerprint density at radius 2 is 2.27 bits per heavy atom. The van der Waals surface area contributed by atoms with Crippen LogP contribution in [0.15, 0.2) is 24.4 Å². The second kappa shape index (κ2) is 4.23. The molecule has 0 saturated heterocycles. The molecule has 1 atom stereocenters. The minimum atomic E-state index is -1.86. The molecule has 1 aromatic rings. The Bertz CT molecular complexity index is 397. The quantitative estimate of drug-likeness (QED) is 0.782. The molecule has 1 unspecified atom stereocenters. The van der Waals surface area contributed by atoms with Crippen molar-refractivity contribution in [1.29, 1.82) is 0 Å². The first-order valence-corrected chi connectivity index (χ1v) is 4.50. The van der Waals surface area contributed by atoms with Gasteiger partial charge in [0.25, 0.3) is 0 Å². The molecule has 1 heterocycles. The van der Waals surface area contributed by atoms with Crippen LogP contribution in [0.2, 0.25) is 0 Å². The molecule has 0 saturated carbocycles. The van der Waals surface area contributed by atoms with Gasteiger partial charge in [-0.15, -0.1) is 0 Å². The van der Waals surface area contributed by atoms with Crippen molar-refractivity contribution in [3.63, 3.8) is 0 Å². The van der Waals surface area contributed by atoms with Crippen molar-refractivity contribution in [2.75, 3.05) is 0 Å². The molecule has 1 aromatic heterocycles. The topological polar surface area (TPSA) is 70.4 Å². The fraction of sp³-hybridized carbons (Fsp3) is 0.273. The minimum Gasteiger partial charge on any atom is -0.479 e. The van der Waals surface area contributed by atoms with E-state index in [1.807, 2.05) is 13.0 Å². The van der Waals surface area contributed by atoms with E-state index in [4.69, 9.17) is 5.11 Å². The molecule has 0 aliphatic heterocycles. The Kier molecular flexibility index (Phi) is 3.21. The molecule has 0 aliphatic rings. The van der Waals surface area contributed by atoms with E-state index in [9.17, 15) is 9.90 Å². The predicted molar refractivity (Wildman–Crippen MR) is 56.3 cm³/mol. The Morgan fingerprint density at radius 3 is 2.80 bits per heavy atom. The number of rotatable bonds is 3. The zero-order chi connectivity index (χ0) is 11.5. The van der Waals surface area contributed by atoms with E-state index < -0.39 is 11.6 Å². The minimum absolute atomic E-state index is 0.652. The highest BCUT2D eigenvalue weighted by atomic mass is 16.4. The van der Waals surface area contributed by atoms with Gasteiger partial charge in [-0.2, -0.15) is 0 Å². The van der Waals surface area contributed by atoms with Crippen LogP contribution in [-0.2, 0) is 4.79 Å². The molecule has 4 nitrogen and oxygen atoms in total. The van der Waals surface area contributed by atoms with Crippen LogP contribution in [0.5, 0.6) is 0 Å². The fourth-order valence-electron chi connectivity index (χ4n) is 0.985. The van der Waals surface area contributed by atoms with Crippen molar-refractivity contribution in [3.8, 4) is 0 Å². The van der Waals surface area contributed by atoms with Crippen LogP contribution in [0.1, 0.15) is 18.2 Å². The van der Waals surface area contributed by atoms with Gasteiger partial charge in [-0.25, -0.2) is 4.79 Å². The maximum absolute atomic E-state index is 10.6. The van der Waals surface area contributed by atoms with Crippen molar-refractivity contribution < 1.29 is 15.0 Å². The largest absolute Gasteiger partial charge is 0.479 e. The van der Waals surface area contributed by atoms with Gasteiger partial charge in [-0.1, -0.05) is 6.07 Å². The first-order chi connectivity index (χ1) is 6.93. The maximum Gasteiger partial charge on any atom is 0.339 e. The summed E-state index contributed by atoms with van der Waals surface area (Å²) in [7, 11) is 0. The molecule has 0 aliphatic carbocycles. The number of aromatic nitrogens is 1. The average Bonchev–Trinajstić information content (AvgIpc) is 2.16. The van der Waals surface area contributed by atoms with Gasteiger partial charge >= 0.3 is 5.97 Å². The zero-order valence-electron chi connectivity index (χ0n) is 8.64. The van der Waals surface area contributed by atoms with Crippen LogP contribution in [0.3, 0.4) is 0 Å². The fourth-order valence-corrected chi connectivity index (χ4v) is 0.985. The summed E-state index contributed by atoms with van der Waals surface area (Å²) in [6, 6.07) is 3.66. The third-order valence-corrected chi connectivity index (χ3v) is 2.05. The number of hydrogen-bond donors (Lipinski definition) is 2. The van der Waals surface area contributed by atoms with E-state index >= 15 is 0 Å². The Hall–Kier alpha value is -1.68. The summed E-state index contributed by atoms with van der Waals surface area (Å²) < 4.78 is 0. The first-order valence-electron chi connectivity index (χ1n) is 4.50. The van der Waals surface area contributed by atoms with Crippen molar-refractivity contribution in [1.82, 2.24) is 4.98 Å². The van der Waals surface area contributed by atoms with Crippen molar-refractivity contribution in [3.05, 3.63) is 35.7 Å². The molecule has 2 N–H and O–H groups in total. The summed E-state index contributed by atoms with van der Waals surface area (Å²) in [5.41, 5.74) is -0.279. The molecule has 0 aromatic carbocycles. The number of nitrogens with zero attached hydrogens (tertiary/aromatic N) is 1. The number of aliphatic hydroxyl groups is 1. The van der Waals surface area contributed by atoms with Crippen LogP contribution in [0.25, 0.3) is 6.08 Å². The normalized spacial score (nSPS) is 15.1. The molecule has 1 rings (SSSR count). The SMILES string of the molecule is Cc1cccnc1/C=C/C(C)(O)C(=O)O. The number of hydrogen-bond acceptors (Lipinski definition) is 3. The standard InChI is InChI=1S/C11H13NO3/c1-8-4-3-7-12-9(8)5-6-11(2,15)10(13)14/h3-7,15H,1-2H3,(H,13,14)/b6-5+. The van der Waals surface area contributed by atoms with Gasteiger partial charge < -0.3 is 10.2 Å². The number of aryl methyl sites for hydroxylation is 1. The summed E-state index contributed by atoms with van der Waals surface area (Å²) in [6.07, 6.45) is 4.33. The highest BCUT2D eigenvalue weighted by molar-refractivity contribution is 5.80. The molecule has 0 amide bonds. The predicted octanol–water partition coefficient (Wildman–Crippen LogP) is 1.24. The highest BCUT2D eigenvalue weighted by Gasteiger charge is 2.25. The maximum atomic E-state index is 10.6. The van der Waals surface area contributed by atoms with Gasteiger partial charge in [0.15, 0.2) is 5.60 Å². The first kappa shape index (κ1) is 11.4. The van der Waals surface area contributed by atoms with Crippen LogP contribution in [0, 0.1) is 6.92 Å². The Morgan fingerprint density at radius 1 is 1.60 bits per heavy atom. The van der Waals surface area contributed by atoms with Gasteiger partial charge in [0.1, 0.15) is 0 Å². The van der Waals surface area contributed by atoms with Gasteiger partial charge in [-0.05, 0) is 37.6 Å². The molecule has 4 heteroatoms. The monoisotopic (exact) mass is 207 g/mol. The second-order valence-electron chi connectivity index (χ2n) is 3.49. The number of aliphatic carboxylic acids is 1. The summed E-state index contributed by atoms with van der Waals surface area (Å²) in [5.74, 6) is -1.28. The van der Waals surface area contributed by atoms with E-state index in [1.54, 1.807) is 12.3 Å². The van der Waals surface area contributed by atoms with Crippen LogP contribution in [-0.4, -0.2) is 26.8 Å².